The Kier molecular flexibility index (Phi) is 6.42. The lowest BCUT2D eigenvalue weighted by Gasteiger charge is -2.11. The van der Waals surface area contributed by atoms with Crippen LogP contribution in [0.3, 0.4) is 0 Å². The predicted octanol–water partition coefficient (Wildman–Crippen LogP) is 5.09. The van der Waals surface area contributed by atoms with Gasteiger partial charge in [-0.2, -0.15) is 0 Å². The Balaban J connectivity index is 1.94. The summed E-state index contributed by atoms with van der Waals surface area (Å²) in [5, 5.41) is 10.3. The molecule has 1 heterocycles. The smallest absolute Gasteiger partial charge is 0.192 e. The van der Waals surface area contributed by atoms with Gasteiger partial charge in [-0.3, -0.25) is 4.57 Å². The van der Waals surface area contributed by atoms with E-state index >= 15 is 0 Å². The van der Waals surface area contributed by atoms with E-state index in [2.05, 4.69) is 16.8 Å². The first-order valence-corrected chi connectivity index (χ1v) is 9.66. The van der Waals surface area contributed by atoms with Crippen LogP contribution in [0.4, 0.5) is 0 Å². The summed E-state index contributed by atoms with van der Waals surface area (Å²) in [6.45, 7) is 4.45. The fraction of sp³-hybridized carbons (Fsp3) is 0.200. The third-order valence-electron chi connectivity index (χ3n) is 3.95. The molecule has 2 aromatic carbocycles. The lowest BCUT2D eigenvalue weighted by atomic mass is 10.2. The van der Waals surface area contributed by atoms with Gasteiger partial charge in [0.2, 0.25) is 0 Å². The normalized spacial score (nSPS) is 10.6. The summed E-state index contributed by atoms with van der Waals surface area (Å²) in [6, 6.07) is 13.4. The Morgan fingerprint density at radius 2 is 1.81 bits per heavy atom. The minimum absolute atomic E-state index is 0.590. The average Bonchev–Trinajstić information content (AvgIpc) is 3.10. The standard InChI is InChI=1S/C20H20ClN3O2S/c1-4-9-24-19(15-10-16(25-2)12-17(11-15)26-3)22-23-20(24)27-13-14-7-5-6-8-18(14)21/h4-8,10-12H,1,9,13H2,2-3H3. The predicted molar refractivity (Wildman–Crippen MR) is 110 cm³/mol. The Morgan fingerprint density at radius 1 is 1.11 bits per heavy atom. The molecule has 3 aromatic rings. The van der Waals surface area contributed by atoms with Crippen LogP contribution >= 0.6 is 23.4 Å². The van der Waals surface area contributed by atoms with Crippen LogP contribution in [0.15, 0.2) is 60.3 Å². The monoisotopic (exact) mass is 401 g/mol. The highest BCUT2D eigenvalue weighted by atomic mass is 35.5. The van der Waals surface area contributed by atoms with Crippen molar-refractivity contribution in [3.8, 4) is 22.9 Å². The fourth-order valence-electron chi connectivity index (χ4n) is 2.60. The summed E-state index contributed by atoms with van der Waals surface area (Å²) in [7, 11) is 3.25. The van der Waals surface area contributed by atoms with E-state index < -0.39 is 0 Å². The van der Waals surface area contributed by atoms with Gasteiger partial charge in [0.05, 0.1) is 14.2 Å². The van der Waals surface area contributed by atoms with E-state index in [-0.39, 0.29) is 0 Å². The third-order valence-corrected chi connectivity index (χ3v) is 5.34. The number of nitrogens with zero attached hydrogens (tertiary/aromatic N) is 3. The van der Waals surface area contributed by atoms with E-state index in [0.29, 0.717) is 23.8 Å². The molecule has 0 amide bonds. The molecule has 0 aliphatic heterocycles. The third kappa shape index (κ3) is 4.46. The van der Waals surface area contributed by atoms with E-state index in [9.17, 15) is 0 Å². The molecule has 0 fully saturated rings. The van der Waals surface area contributed by atoms with Crippen LogP contribution in [0.1, 0.15) is 5.56 Å². The zero-order valence-electron chi connectivity index (χ0n) is 15.2. The van der Waals surface area contributed by atoms with Crippen LogP contribution < -0.4 is 9.47 Å². The van der Waals surface area contributed by atoms with Crippen molar-refractivity contribution in [2.45, 2.75) is 17.5 Å². The lowest BCUT2D eigenvalue weighted by Crippen LogP contribution is -2.01. The highest BCUT2D eigenvalue weighted by Gasteiger charge is 2.16. The second-order valence-corrected chi connectivity index (χ2v) is 7.04. The van der Waals surface area contributed by atoms with Crippen molar-refractivity contribution >= 4 is 23.4 Å². The summed E-state index contributed by atoms with van der Waals surface area (Å²) in [4.78, 5) is 0. The molecule has 0 radical (unpaired) electrons. The maximum atomic E-state index is 6.26. The second-order valence-electron chi connectivity index (χ2n) is 5.69. The molecule has 1 aromatic heterocycles. The van der Waals surface area contributed by atoms with Gasteiger partial charge in [0.1, 0.15) is 11.5 Å². The van der Waals surface area contributed by atoms with Gasteiger partial charge in [-0.25, -0.2) is 0 Å². The van der Waals surface area contributed by atoms with Crippen molar-refractivity contribution in [2.75, 3.05) is 14.2 Å². The molecule has 27 heavy (non-hydrogen) atoms. The molecule has 0 saturated carbocycles. The van der Waals surface area contributed by atoms with Gasteiger partial charge in [-0.05, 0) is 23.8 Å². The van der Waals surface area contributed by atoms with Crippen LogP contribution in [0.5, 0.6) is 11.5 Å². The summed E-state index contributed by atoms with van der Waals surface area (Å²) >= 11 is 7.84. The van der Waals surface area contributed by atoms with Gasteiger partial charge >= 0.3 is 0 Å². The minimum atomic E-state index is 0.590. The molecular weight excluding hydrogens is 382 g/mol. The topological polar surface area (TPSA) is 49.2 Å². The van der Waals surface area contributed by atoms with Crippen LogP contribution in [-0.4, -0.2) is 29.0 Å². The van der Waals surface area contributed by atoms with Gasteiger partial charge in [0, 0.05) is 29.0 Å². The Hall–Kier alpha value is -2.44. The molecule has 0 aliphatic carbocycles. The lowest BCUT2D eigenvalue weighted by molar-refractivity contribution is 0.394. The molecule has 0 N–H and O–H groups in total. The second kappa shape index (κ2) is 8.97. The molecule has 140 valence electrons. The van der Waals surface area contributed by atoms with E-state index in [1.54, 1.807) is 26.0 Å². The van der Waals surface area contributed by atoms with Gasteiger partial charge in [-0.15, -0.1) is 16.8 Å². The van der Waals surface area contributed by atoms with Crippen LogP contribution in [0, 0.1) is 0 Å². The molecule has 7 heteroatoms. The number of methoxy groups -OCH3 is 2. The highest BCUT2D eigenvalue weighted by Crippen LogP contribution is 2.32. The number of benzene rings is 2. The van der Waals surface area contributed by atoms with Crippen molar-refractivity contribution < 1.29 is 9.47 Å². The van der Waals surface area contributed by atoms with Crippen molar-refractivity contribution in [3.05, 3.63) is 65.7 Å². The van der Waals surface area contributed by atoms with Crippen LogP contribution in [0.25, 0.3) is 11.4 Å². The van der Waals surface area contributed by atoms with Gasteiger partial charge in [0.25, 0.3) is 0 Å². The number of hydrogen-bond donors (Lipinski definition) is 0. The Bertz CT molecular complexity index is 920. The van der Waals surface area contributed by atoms with Crippen LogP contribution in [-0.2, 0) is 12.3 Å². The first kappa shape index (κ1) is 19.3. The first-order chi connectivity index (χ1) is 13.2. The molecule has 5 nitrogen and oxygen atoms in total. The molecule has 0 aliphatic rings. The Morgan fingerprint density at radius 3 is 2.44 bits per heavy atom. The molecule has 3 rings (SSSR count). The summed E-state index contributed by atoms with van der Waals surface area (Å²) in [6.07, 6.45) is 1.82. The number of aromatic nitrogens is 3. The number of rotatable bonds is 8. The van der Waals surface area contributed by atoms with Crippen LogP contribution in [0.2, 0.25) is 5.02 Å². The van der Waals surface area contributed by atoms with E-state index in [4.69, 9.17) is 21.1 Å². The average molecular weight is 402 g/mol. The van der Waals surface area contributed by atoms with E-state index in [1.165, 1.54) is 0 Å². The number of ether oxygens (including phenoxy) is 2. The maximum absolute atomic E-state index is 6.26. The summed E-state index contributed by atoms with van der Waals surface area (Å²) in [5.74, 6) is 2.83. The zero-order chi connectivity index (χ0) is 19.2. The molecular formula is C20H20ClN3O2S. The molecule has 0 saturated heterocycles. The molecule has 0 atom stereocenters. The number of allylic oxidation sites excluding steroid dienone is 1. The number of hydrogen-bond acceptors (Lipinski definition) is 5. The highest BCUT2D eigenvalue weighted by molar-refractivity contribution is 7.98. The quantitative estimate of drug-likeness (QED) is 0.388. The first-order valence-electron chi connectivity index (χ1n) is 8.30. The van der Waals surface area contributed by atoms with Crippen molar-refractivity contribution in [2.24, 2.45) is 0 Å². The zero-order valence-corrected chi connectivity index (χ0v) is 16.8. The minimum Gasteiger partial charge on any atom is -0.497 e. The van der Waals surface area contributed by atoms with Gasteiger partial charge < -0.3 is 9.47 Å². The van der Waals surface area contributed by atoms with Gasteiger partial charge in [0.15, 0.2) is 11.0 Å². The Labute approximate surface area is 168 Å². The summed E-state index contributed by atoms with van der Waals surface area (Å²) in [5.41, 5.74) is 1.92. The molecule has 0 unspecified atom stereocenters. The van der Waals surface area contributed by atoms with Crippen molar-refractivity contribution in [1.29, 1.82) is 0 Å². The summed E-state index contributed by atoms with van der Waals surface area (Å²) < 4.78 is 12.7. The SMILES string of the molecule is C=CCn1c(SCc2ccccc2Cl)nnc1-c1cc(OC)cc(OC)c1. The van der Waals surface area contributed by atoms with Gasteiger partial charge in [-0.1, -0.05) is 47.6 Å². The van der Waals surface area contributed by atoms with Crippen molar-refractivity contribution in [1.82, 2.24) is 14.8 Å². The maximum Gasteiger partial charge on any atom is 0.192 e. The number of halogens is 1. The van der Waals surface area contributed by atoms with E-state index in [1.807, 2.05) is 53.1 Å². The molecule has 0 spiro atoms. The number of thioether (sulfide) groups is 1. The molecule has 0 bridgehead atoms. The van der Waals surface area contributed by atoms with Crippen molar-refractivity contribution in [3.63, 3.8) is 0 Å². The van der Waals surface area contributed by atoms with E-state index in [0.717, 1.165) is 27.1 Å². The largest absolute Gasteiger partial charge is 0.497 e. The fourth-order valence-corrected chi connectivity index (χ4v) is 3.83.